The number of amides is 2. The normalized spacial score (nSPS) is 23.2. The molecule has 2 amide bonds. The maximum absolute atomic E-state index is 14.1. The molecule has 3 rings (SSSR count). The summed E-state index contributed by atoms with van der Waals surface area (Å²) >= 11 is 1.19. The van der Waals surface area contributed by atoms with E-state index in [9.17, 15) is 14.4 Å². The molecule has 1 aliphatic heterocycles. The molecule has 0 bridgehead atoms. The Kier molecular flexibility index (Phi) is 9.00. The van der Waals surface area contributed by atoms with Crippen LogP contribution in [0, 0.1) is 29.1 Å². The van der Waals surface area contributed by atoms with Crippen LogP contribution in [0.5, 0.6) is 0 Å². The van der Waals surface area contributed by atoms with Crippen LogP contribution < -0.4 is 4.90 Å². The molecule has 0 N–H and O–H groups in total. The second-order valence-corrected chi connectivity index (χ2v) is 11.5. The first-order valence-electron chi connectivity index (χ1n) is 12.5. The van der Waals surface area contributed by atoms with E-state index in [1.807, 2.05) is 27.7 Å². The van der Waals surface area contributed by atoms with Gasteiger partial charge in [-0.15, -0.1) is 11.3 Å². The van der Waals surface area contributed by atoms with E-state index in [2.05, 4.69) is 18.8 Å². The van der Waals surface area contributed by atoms with Gasteiger partial charge >= 0.3 is 5.97 Å². The Morgan fingerprint density at radius 1 is 1.26 bits per heavy atom. The van der Waals surface area contributed by atoms with Crippen LogP contribution in [0.25, 0.3) is 0 Å². The number of thiophene rings is 1. The zero-order valence-corrected chi connectivity index (χ0v) is 22.6. The van der Waals surface area contributed by atoms with Crippen LogP contribution in [0.3, 0.4) is 0 Å². The molecule has 2 aliphatic rings. The number of hydrogen-bond donors (Lipinski definition) is 0. The summed E-state index contributed by atoms with van der Waals surface area (Å²) in [5.74, 6) is 5.88. The maximum atomic E-state index is 14.1. The highest BCUT2D eigenvalue weighted by molar-refractivity contribution is 7.15. The average molecular weight is 503 g/mol. The molecule has 1 atom stereocenters. The third-order valence-electron chi connectivity index (χ3n) is 6.58. The zero-order chi connectivity index (χ0) is 25.8. The lowest BCUT2D eigenvalue weighted by Gasteiger charge is -2.36. The van der Waals surface area contributed by atoms with Crippen molar-refractivity contribution in [3.8, 4) is 11.8 Å². The minimum absolute atomic E-state index is 0.0870. The van der Waals surface area contributed by atoms with Gasteiger partial charge in [-0.25, -0.2) is 4.79 Å². The number of likely N-dealkylation sites (N-methyl/N-ethyl adjacent to an activating group) is 1. The quantitative estimate of drug-likeness (QED) is 0.442. The number of esters is 1. The summed E-state index contributed by atoms with van der Waals surface area (Å²) in [5, 5.41) is 0. The number of methoxy groups -OCH3 is 1. The number of anilines is 1. The van der Waals surface area contributed by atoms with Crippen LogP contribution in [0.15, 0.2) is 6.07 Å². The van der Waals surface area contributed by atoms with Crippen molar-refractivity contribution in [2.24, 2.45) is 17.3 Å². The van der Waals surface area contributed by atoms with Crippen molar-refractivity contribution in [3.63, 3.8) is 0 Å². The summed E-state index contributed by atoms with van der Waals surface area (Å²) in [6.07, 6.45) is 3.47. The van der Waals surface area contributed by atoms with E-state index in [1.165, 1.54) is 23.3 Å². The molecule has 2 fully saturated rings. The Labute approximate surface area is 213 Å². The second kappa shape index (κ2) is 11.6. The van der Waals surface area contributed by atoms with Crippen LogP contribution in [0.4, 0.5) is 5.69 Å². The summed E-state index contributed by atoms with van der Waals surface area (Å²) in [7, 11) is 1.32. The number of nitrogens with zero attached hydrogens (tertiary/aromatic N) is 2. The monoisotopic (exact) mass is 502 g/mol. The fourth-order valence-electron chi connectivity index (χ4n) is 4.51. The standard InChI is InChI=1S/C27H38N2O5S/c1-7-28-14-15-34-17-22(25(28)31)29(24(30)19-10-8-18(2)9-11-19)21-16-20(12-13-27(3,4)5)35-23(21)26(32)33-6/h16,18-19,22H,7-11,14-15,17H2,1-6H3/t18-,19-,22-/m1/s1. The highest BCUT2D eigenvalue weighted by Gasteiger charge is 2.41. The molecule has 1 saturated heterocycles. The Balaban J connectivity index is 2.12. The lowest BCUT2D eigenvalue weighted by atomic mass is 9.82. The lowest BCUT2D eigenvalue weighted by Crippen LogP contribution is -2.54. The number of carbonyl (C=O) groups is 3. The fraction of sp³-hybridized carbons (Fsp3) is 0.667. The first-order chi connectivity index (χ1) is 16.6. The summed E-state index contributed by atoms with van der Waals surface area (Å²) in [4.78, 5) is 44.6. The van der Waals surface area contributed by atoms with Crippen LogP contribution in [-0.2, 0) is 19.1 Å². The van der Waals surface area contributed by atoms with E-state index in [0.717, 1.165) is 25.7 Å². The van der Waals surface area contributed by atoms with E-state index in [1.54, 1.807) is 11.0 Å². The van der Waals surface area contributed by atoms with Gasteiger partial charge < -0.3 is 14.4 Å². The van der Waals surface area contributed by atoms with Gasteiger partial charge in [-0.3, -0.25) is 14.5 Å². The number of ether oxygens (including phenoxy) is 2. The predicted octanol–water partition coefficient (Wildman–Crippen LogP) is 4.34. The summed E-state index contributed by atoms with van der Waals surface area (Å²) in [6.45, 7) is 11.7. The Morgan fingerprint density at radius 2 is 1.94 bits per heavy atom. The van der Waals surface area contributed by atoms with Crippen molar-refractivity contribution in [3.05, 3.63) is 15.8 Å². The smallest absolute Gasteiger partial charge is 0.350 e. The van der Waals surface area contributed by atoms with Gasteiger partial charge in [0.25, 0.3) is 0 Å². The van der Waals surface area contributed by atoms with Gasteiger partial charge in [0.05, 0.1) is 30.9 Å². The van der Waals surface area contributed by atoms with Crippen molar-refractivity contribution >= 4 is 34.8 Å². The topological polar surface area (TPSA) is 76.2 Å². The highest BCUT2D eigenvalue weighted by Crippen LogP contribution is 2.37. The van der Waals surface area contributed by atoms with Gasteiger partial charge in [-0.1, -0.05) is 18.8 Å². The van der Waals surface area contributed by atoms with Crippen molar-refractivity contribution in [1.82, 2.24) is 4.90 Å². The Bertz CT molecular complexity index is 991. The molecule has 0 aromatic carbocycles. The minimum Gasteiger partial charge on any atom is -0.465 e. The molecular formula is C27H38N2O5S. The average Bonchev–Trinajstić information content (AvgIpc) is 3.15. The van der Waals surface area contributed by atoms with Crippen molar-refractivity contribution < 1.29 is 23.9 Å². The Hall–Kier alpha value is -2.37. The van der Waals surface area contributed by atoms with Gasteiger partial charge in [-0.2, -0.15) is 0 Å². The third kappa shape index (κ3) is 6.65. The van der Waals surface area contributed by atoms with Crippen LogP contribution in [0.2, 0.25) is 0 Å². The Morgan fingerprint density at radius 3 is 2.54 bits per heavy atom. The molecule has 2 heterocycles. The molecule has 0 radical (unpaired) electrons. The van der Waals surface area contributed by atoms with Gasteiger partial charge in [-0.05, 0) is 65.4 Å². The molecule has 1 aromatic rings. The minimum atomic E-state index is -0.842. The first kappa shape index (κ1) is 27.2. The molecule has 1 saturated carbocycles. The van der Waals surface area contributed by atoms with Gasteiger partial charge in [0.2, 0.25) is 11.8 Å². The summed E-state index contributed by atoms with van der Waals surface area (Å²) in [5.41, 5.74) is 0.167. The predicted molar refractivity (Wildman–Crippen MR) is 137 cm³/mol. The number of rotatable bonds is 5. The van der Waals surface area contributed by atoms with Gasteiger partial charge in [0.1, 0.15) is 10.9 Å². The highest BCUT2D eigenvalue weighted by atomic mass is 32.1. The third-order valence-corrected chi connectivity index (χ3v) is 7.60. The molecule has 8 heteroatoms. The van der Waals surface area contributed by atoms with E-state index >= 15 is 0 Å². The fourth-order valence-corrected chi connectivity index (χ4v) is 5.44. The van der Waals surface area contributed by atoms with Crippen molar-refractivity contribution in [2.45, 2.75) is 66.3 Å². The zero-order valence-electron chi connectivity index (χ0n) is 21.8. The number of carbonyl (C=O) groups excluding carboxylic acids is 3. The molecular weight excluding hydrogens is 464 g/mol. The maximum Gasteiger partial charge on any atom is 0.350 e. The van der Waals surface area contributed by atoms with Gasteiger partial charge in [0.15, 0.2) is 0 Å². The van der Waals surface area contributed by atoms with Crippen LogP contribution in [0.1, 0.15) is 74.9 Å². The molecule has 192 valence electrons. The molecule has 35 heavy (non-hydrogen) atoms. The van der Waals surface area contributed by atoms with Crippen LogP contribution in [-0.4, -0.2) is 62.1 Å². The summed E-state index contributed by atoms with van der Waals surface area (Å²) in [6, 6.07) is 0.915. The second-order valence-electron chi connectivity index (χ2n) is 10.5. The first-order valence-corrected chi connectivity index (χ1v) is 13.3. The number of hydrogen-bond acceptors (Lipinski definition) is 6. The van der Waals surface area contributed by atoms with E-state index < -0.39 is 12.0 Å². The summed E-state index contributed by atoms with van der Waals surface area (Å²) < 4.78 is 10.9. The van der Waals surface area contributed by atoms with Crippen LogP contribution >= 0.6 is 11.3 Å². The van der Waals surface area contributed by atoms with E-state index in [-0.39, 0.29) is 34.6 Å². The van der Waals surface area contributed by atoms with Crippen molar-refractivity contribution in [2.75, 3.05) is 38.3 Å². The molecule has 7 nitrogen and oxygen atoms in total. The van der Waals surface area contributed by atoms with Gasteiger partial charge in [0, 0.05) is 24.4 Å². The van der Waals surface area contributed by atoms with Crippen molar-refractivity contribution in [1.29, 1.82) is 0 Å². The molecule has 1 aromatic heterocycles. The molecule has 1 aliphatic carbocycles. The van der Waals surface area contributed by atoms with E-state index in [0.29, 0.717) is 36.2 Å². The molecule has 0 spiro atoms. The SMILES string of the molecule is CCN1CCOC[C@@H](N(c2cc(C#CC(C)(C)C)sc2C(=O)OC)C(=O)[C@H]2CC[C@H](C)CC2)C1=O. The lowest BCUT2D eigenvalue weighted by molar-refractivity contribution is -0.134. The van der Waals surface area contributed by atoms with E-state index in [4.69, 9.17) is 9.47 Å². The molecule has 0 unspecified atom stereocenters. The largest absolute Gasteiger partial charge is 0.465 e.